The van der Waals surface area contributed by atoms with Crippen LogP contribution in [0.4, 0.5) is 5.82 Å². The Morgan fingerprint density at radius 3 is 2.68 bits per heavy atom. The van der Waals surface area contributed by atoms with Crippen LogP contribution in [0.15, 0.2) is 60.3 Å². The maximum atomic E-state index is 12.2. The van der Waals surface area contributed by atoms with Crippen LogP contribution in [0.25, 0.3) is 0 Å². The maximum Gasteiger partial charge on any atom is 0.303 e. The van der Waals surface area contributed by atoms with Crippen LogP contribution in [0, 0.1) is 0 Å². The molecule has 166 valence electrons. The van der Waals surface area contributed by atoms with Crippen molar-refractivity contribution in [2.24, 2.45) is 0 Å². The van der Waals surface area contributed by atoms with Crippen molar-refractivity contribution in [2.45, 2.75) is 44.4 Å². The van der Waals surface area contributed by atoms with Gasteiger partial charge in [0.1, 0.15) is 5.82 Å². The fourth-order valence-corrected chi connectivity index (χ4v) is 3.81. The van der Waals surface area contributed by atoms with E-state index in [1.165, 1.54) is 5.56 Å². The van der Waals surface area contributed by atoms with Crippen molar-refractivity contribution >= 4 is 30.1 Å². The van der Waals surface area contributed by atoms with Gasteiger partial charge in [0.25, 0.3) is 0 Å². The summed E-state index contributed by atoms with van der Waals surface area (Å²) in [5.41, 5.74) is 3.38. The van der Waals surface area contributed by atoms with E-state index in [1.807, 2.05) is 36.4 Å². The van der Waals surface area contributed by atoms with E-state index in [2.05, 4.69) is 27.8 Å². The van der Waals surface area contributed by atoms with E-state index in [-0.39, 0.29) is 30.7 Å². The number of anilines is 1. The minimum Gasteiger partial charge on any atom is -0.481 e. The van der Waals surface area contributed by atoms with Crippen LogP contribution >= 0.6 is 12.4 Å². The second kappa shape index (κ2) is 12.7. The number of aromatic nitrogens is 1. The zero-order valence-corrected chi connectivity index (χ0v) is 18.4. The molecule has 3 N–H and O–H groups in total. The number of carbonyl (C=O) groups excluding carboxylic acids is 1. The number of nitrogens with one attached hydrogen (secondary N) is 2. The molecular formula is C24H30ClN3O3. The number of carboxylic acid groups (broad SMARTS) is 1. The summed E-state index contributed by atoms with van der Waals surface area (Å²) < 4.78 is 0. The number of unbranched alkanes of at least 4 members (excludes halogenated alkanes) is 1. The van der Waals surface area contributed by atoms with Crippen molar-refractivity contribution < 1.29 is 14.7 Å². The highest BCUT2D eigenvalue weighted by Gasteiger charge is 2.22. The number of hydrogen-bond acceptors (Lipinski definition) is 4. The Hall–Kier alpha value is -2.86. The third kappa shape index (κ3) is 8.06. The summed E-state index contributed by atoms with van der Waals surface area (Å²) in [6, 6.07) is 13.8. The van der Waals surface area contributed by atoms with E-state index < -0.39 is 5.97 Å². The van der Waals surface area contributed by atoms with Crippen molar-refractivity contribution in [2.75, 3.05) is 18.4 Å². The Labute approximate surface area is 189 Å². The van der Waals surface area contributed by atoms with E-state index in [9.17, 15) is 14.7 Å². The summed E-state index contributed by atoms with van der Waals surface area (Å²) in [6.45, 7) is 1.26. The number of pyridine rings is 1. The first-order valence-electron chi connectivity index (χ1n) is 10.5. The summed E-state index contributed by atoms with van der Waals surface area (Å²) in [5.74, 6) is 0.0332. The summed E-state index contributed by atoms with van der Waals surface area (Å²) in [6.07, 6.45) is 7.60. The summed E-state index contributed by atoms with van der Waals surface area (Å²) in [7, 11) is 0. The molecule has 2 aromatic rings. The molecule has 0 spiro atoms. The molecular weight excluding hydrogens is 414 g/mol. The molecule has 0 aliphatic heterocycles. The lowest BCUT2D eigenvalue weighted by molar-refractivity contribution is -0.137. The molecule has 3 rings (SSSR count). The Kier molecular flexibility index (Phi) is 10.0. The number of halogens is 1. The highest BCUT2D eigenvalue weighted by Crippen LogP contribution is 2.33. The number of amides is 1. The molecule has 0 radical (unpaired) electrons. The average Bonchev–Trinajstić information content (AvgIpc) is 2.92. The second-order valence-electron chi connectivity index (χ2n) is 7.64. The molecule has 0 fully saturated rings. The maximum absolute atomic E-state index is 12.2. The molecule has 0 bridgehead atoms. The summed E-state index contributed by atoms with van der Waals surface area (Å²) in [5, 5.41) is 15.5. The SMILES string of the molecule is Cl.O=C(O)CC1CC(CNC(=O)CCCCNc2ccccn2)=CCc2ccccc21. The number of carbonyl (C=O) groups is 2. The van der Waals surface area contributed by atoms with Gasteiger partial charge in [-0.1, -0.05) is 42.0 Å². The summed E-state index contributed by atoms with van der Waals surface area (Å²) >= 11 is 0. The first-order chi connectivity index (χ1) is 14.6. The zero-order chi connectivity index (χ0) is 21.2. The lowest BCUT2D eigenvalue weighted by atomic mass is 9.88. The van der Waals surface area contributed by atoms with E-state index in [0.717, 1.165) is 42.8 Å². The first kappa shape index (κ1) is 24.4. The number of allylic oxidation sites excluding steroid dienone is 1. The second-order valence-corrected chi connectivity index (χ2v) is 7.64. The van der Waals surface area contributed by atoms with Gasteiger partial charge < -0.3 is 15.7 Å². The smallest absolute Gasteiger partial charge is 0.303 e. The molecule has 6 nitrogen and oxygen atoms in total. The molecule has 31 heavy (non-hydrogen) atoms. The molecule has 1 aliphatic carbocycles. The topological polar surface area (TPSA) is 91.3 Å². The fraction of sp³-hybridized carbons (Fsp3) is 0.375. The molecule has 1 aromatic heterocycles. The van der Waals surface area contributed by atoms with Crippen molar-refractivity contribution in [3.8, 4) is 0 Å². The molecule has 0 saturated carbocycles. The number of carboxylic acids is 1. The van der Waals surface area contributed by atoms with Gasteiger partial charge in [-0.2, -0.15) is 0 Å². The standard InChI is InChI=1S/C24H29N3O3.ClH/c28-23(10-4-6-14-26-22-9-3-5-13-25-22)27-17-18-11-12-19-7-1-2-8-21(19)20(15-18)16-24(29)30;/h1-3,5,7-9,11,13,20H,4,6,10,12,14-17H2,(H,25,26)(H,27,28)(H,29,30);1H. The van der Waals surface area contributed by atoms with E-state index >= 15 is 0 Å². The third-order valence-corrected chi connectivity index (χ3v) is 5.35. The summed E-state index contributed by atoms with van der Waals surface area (Å²) in [4.78, 5) is 27.7. The van der Waals surface area contributed by atoms with Gasteiger partial charge in [0.2, 0.25) is 5.91 Å². The predicted molar refractivity (Wildman–Crippen MR) is 125 cm³/mol. The first-order valence-corrected chi connectivity index (χ1v) is 10.5. The van der Waals surface area contributed by atoms with E-state index in [1.54, 1.807) is 6.20 Å². The van der Waals surface area contributed by atoms with Gasteiger partial charge in [0.15, 0.2) is 0 Å². The Morgan fingerprint density at radius 2 is 1.90 bits per heavy atom. The number of fused-ring (bicyclic) bond motifs is 1. The van der Waals surface area contributed by atoms with Gasteiger partial charge in [-0.3, -0.25) is 9.59 Å². The van der Waals surface area contributed by atoms with Crippen LogP contribution in [0.1, 0.15) is 49.1 Å². The van der Waals surface area contributed by atoms with E-state index in [0.29, 0.717) is 19.4 Å². The third-order valence-electron chi connectivity index (χ3n) is 5.35. The van der Waals surface area contributed by atoms with Crippen LogP contribution in [0.3, 0.4) is 0 Å². The largest absolute Gasteiger partial charge is 0.481 e. The van der Waals surface area contributed by atoms with Gasteiger partial charge in [-0.05, 0) is 54.9 Å². The highest BCUT2D eigenvalue weighted by atomic mass is 35.5. The average molecular weight is 444 g/mol. The van der Waals surface area contributed by atoms with Crippen LogP contribution in [-0.4, -0.2) is 35.1 Å². The predicted octanol–water partition coefficient (Wildman–Crippen LogP) is 4.33. The fourth-order valence-electron chi connectivity index (χ4n) is 3.81. The van der Waals surface area contributed by atoms with Crippen LogP contribution in [0.5, 0.6) is 0 Å². The number of nitrogens with zero attached hydrogens (tertiary/aromatic N) is 1. The molecule has 1 aliphatic rings. The monoisotopic (exact) mass is 443 g/mol. The van der Waals surface area contributed by atoms with Crippen molar-refractivity contribution in [3.63, 3.8) is 0 Å². The van der Waals surface area contributed by atoms with Gasteiger partial charge in [0, 0.05) is 25.7 Å². The van der Waals surface area contributed by atoms with Gasteiger partial charge in [-0.15, -0.1) is 12.4 Å². The van der Waals surface area contributed by atoms with Crippen molar-refractivity contribution in [1.82, 2.24) is 10.3 Å². The van der Waals surface area contributed by atoms with Crippen LogP contribution in [0.2, 0.25) is 0 Å². The number of aliphatic carboxylic acids is 1. The lowest BCUT2D eigenvalue weighted by Crippen LogP contribution is -2.26. The highest BCUT2D eigenvalue weighted by molar-refractivity contribution is 5.85. The molecule has 1 aromatic carbocycles. The lowest BCUT2D eigenvalue weighted by Gasteiger charge is -2.17. The van der Waals surface area contributed by atoms with Crippen LogP contribution < -0.4 is 10.6 Å². The molecule has 7 heteroatoms. The van der Waals surface area contributed by atoms with Crippen molar-refractivity contribution in [1.29, 1.82) is 0 Å². The molecule has 1 unspecified atom stereocenters. The molecule has 1 amide bonds. The Balaban J connectivity index is 0.00000341. The Morgan fingerprint density at radius 1 is 1.10 bits per heavy atom. The van der Waals surface area contributed by atoms with Crippen molar-refractivity contribution in [3.05, 3.63) is 71.4 Å². The number of hydrogen-bond donors (Lipinski definition) is 3. The molecule has 1 heterocycles. The van der Waals surface area contributed by atoms with Crippen LogP contribution in [-0.2, 0) is 16.0 Å². The Bertz CT molecular complexity index is 887. The number of benzene rings is 1. The minimum absolute atomic E-state index is 0. The molecule has 0 saturated heterocycles. The molecule has 1 atom stereocenters. The van der Waals surface area contributed by atoms with Gasteiger partial charge in [-0.25, -0.2) is 4.98 Å². The number of rotatable bonds is 10. The zero-order valence-electron chi connectivity index (χ0n) is 17.5. The van der Waals surface area contributed by atoms with Gasteiger partial charge >= 0.3 is 5.97 Å². The normalized spacial score (nSPS) is 15.0. The minimum atomic E-state index is -0.792. The quantitative estimate of drug-likeness (QED) is 0.375. The van der Waals surface area contributed by atoms with Gasteiger partial charge in [0.05, 0.1) is 6.42 Å². The van der Waals surface area contributed by atoms with E-state index in [4.69, 9.17) is 0 Å².